The summed E-state index contributed by atoms with van der Waals surface area (Å²) in [4.78, 5) is 3.55. The molecule has 0 amide bonds. The molecule has 0 unspecified atom stereocenters. The molecule has 4 nitrogen and oxygen atoms in total. The van der Waals surface area contributed by atoms with Crippen molar-refractivity contribution in [2.75, 3.05) is 6.26 Å². The molecule has 1 N–H and O–H groups in total. The SMILES string of the molecule is CCCC.CCCC.CCCC.CS(=O)(=O)C1=NC=C=CN1.[Sn]. The van der Waals surface area contributed by atoms with Crippen LogP contribution < -0.4 is 5.32 Å². The first-order valence-corrected chi connectivity index (χ1v) is 10.2. The van der Waals surface area contributed by atoms with Gasteiger partial charge in [-0.3, -0.25) is 0 Å². The molecule has 1 aliphatic heterocycles. The minimum absolute atomic E-state index is 0. The minimum Gasteiger partial charge on any atom is -0.330 e. The van der Waals surface area contributed by atoms with Crippen molar-refractivity contribution in [2.45, 2.75) is 80.1 Å². The van der Waals surface area contributed by atoms with Gasteiger partial charge >= 0.3 is 0 Å². The number of hydrogen-bond acceptors (Lipinski definition) is 4. The fraction of sp³-hybridized carbons (Fsp3) is 0.765. The van der Waals surface area contributed by atoms with Crippen molar-refractivity contribution >= 4 is 38.9 Å². The van der Waals surface area contributed by atoms with Gasteiger partial charge in [0.15, 0.2) is 0 Å². The second kappa shape index (κ2) is 24.0. The van der Waals surface area contributed by atoms with E-state index in [9.17, 15) is 8.42 Å². The molecule has 1 aliphatic rings. The number of sulfone groups is 1. The molecule has 0 aromatic heterocycles. The average molecular weight is 451 g/mol. The molecular weight excluding hydrogens is 415 g/mol. The zero-order valence-electron chi connectivity index (χ0n) is 16.1. The molecule has 4 radical (unpaired) electrons. The molecule has 136 valence electrons. The van der Waals surface area contributed by atoms with Gasteiger partial charge in [-0.1, -0.05) is 85.8 Å². The summed E-state index contributed by atoms with van der Waals surface area (Å²) in [6, 6.07) is 0. The minimum atomic E-state index is -3.19. The molecule has 1 rings (SSSR count). The fourth-order valence-corrected chi connectivity index (χ4v) is 0.994. The van der Waals surface area contributed by atoms with Crippen LogP contribution in [0.5, 0.6) is 0 Å². The van der Waals surface area contributed by atoms with Crippen LogP contribution in [0.15, 0.2) is 23.1 Å². The van der Waals surface area contributed by atoms with E-state index in [1.165, 1.54) is 50.9 Å². The Balaban J connectivity index is -0.000000118. The van der Waals surface area contributed by atoms with Crippen LogP contribution >= 0.6 is 0 Å². The van der Waals surface area contributed by atoms with Gasteiger partial charge in [-0.25, -0.2) is 13.4 Å². The van der Waals surface area contributed by atoms with Gasteiger partial charge in [-0.15, -0.1) is 0 Å². The summed E-state index contributed by atoms with van der Waals surface area (Å²) in [7, 11) is -3.19. The van der Waals surface area contributed by atoms with Crippen LogP contribution in [0.1, 0.15) is 80.1 Å². The molecule has 6 heteroatoms. The van der Waals surface area contributed by atoms with Crippen molar-refractivity contribution < 1.29 is 8.42 Å². The summed E-state index contributed by atoms with van der Waals surface area (Å²) in [5.41, 5.74) is 2.57. The molecule has 0 fully saturated rings. The van der Waals surface area contributed by atoms with E-state index < -0.39 is 9.84 Å². The van der Waals surface area contributed by atoms with Crippen molar-refractivity contribution in [1.82, 2.24) is 5.32 Å². The molecule has 0 bridgehead atoms. The van der Waals surface area contributed by atoms with Crippen molar-refractivity contribution in [1.29, 1.82) is 0 Å². The summed E-state index contributed by atoms with van der Waals surface area (Å²) >= 11 is 0. The van der Waals surface area contributed by atoms with Crippen molar-refractivity contribution in [3.8, 4) is 0 Å². The van der Waals surface area contributed by atoms with Gasteiger partial charge in [0.2, 0.25) is 15.0 Å². The third-order valence-electron chi connectivity index (χ3n) is 2.39. The van der Waals surface area contributed by atoms with E-state index >= 15 is 0 Å². The first-order valence-electron chi connectivity index (χ1n) is 8.29. The van der Waals surface area contributed by atoms with E-state index in [-0.39, 0.29) is 29.1 Å². The van der Waals surface area contributed by atoms with Gasteiger partial charge < -0.3 is 5.32 Å². The van der Waals surface area contributed by atoms with Crippen molar-refractivity contribution in [3.05, 3.63) is 18.1 Å². The summed E-state index contributed by atoms with van der Waals surface area (Å²) in [6.45, 7) is 13.1. The first-order chi connectivity index (χ1) is 10.3. The maximum absolute atomic E-state index is 10.7. The molecule has 0 aromatic rings. The number of nitrogens with one attached hydrogen (secondary N) is 1. The number of hydrogen-bond donors (Lipinski definition) is 1. The smallest absolute Gasteiger partial charge is 0.225 e. The van der Waals surface area contributed by atoms with Crippen LogP contribution in [-0.4, -0.2) is 43.7 Å². The maximum atomic E-state index is 10.7. The summed E-state index contributed by atoms with van der Waals surface area (Å²) in [6.07, 6.45) is 11.7. The third kappa shape index (κ3) is 30.2. The number of amidine groups is 1. The van der Waals surface area contributed by atoms with Crippen molar-refractivity contribution in [3.63, 3.8) is 0 Å². The van der Waals surface area contributed by atoms with Crippen molar-refractivity contribution in [2.24, 2.45) is 4.99 Å². The van der Waals surface area contributed by atoms with Crippen LogP contribution in [0.25, 0.3) is 0 Å². The normalized spacial score (nSPS) is 11.0. The van der Waals surface area contributed by atoms with Crippen LogP contribution in [0.2, 0.25) is 0 Å². The second-order valence-corrected chi connectivity index (χ2v) is 6.72. The van der Waals surface area contributed by atoms with E-state index in [1.54, 1.807) is 0 Å². The quantitative estimate of drug-likeness (QED) is 0.502. The summed E-state index contributed by atoms with van der Waals surface area (Å²) < 4.78 is 21.5. The predicted octanol–water partition coefficient (Wildman–Crippen LogP) is 4.65. The Morgan fingerprint density at radius 1 is 0.913 bits per heavy atom. The molecular formula is C17H36N2O2SSn. The number of aliphatic imine (C=N–C) groups is 1. The van der Waals surface area contributed by atoms with Gasteiger partial charge in [0.05, 0.1) is 6.20 Å². The number of rotatable bonds is 3. The fourth-order valence-electron chi connectivity index (χ4n) is 0.477. The molecule has 23 heavy (non-hydrogen) atoms. The van der Waals surface area contributed by atoms with E-state index in [1.807, 2.05) is 0 Å². The summed E-state index contributed by atoms with van der Waals surface area (Å²) in [5.74, 6) is 0. The largest absolute Gasteiger partial charge is 0.330 e. The Morgan fingerprint density at radius 2 is 1.26 bits per heavy atom. The molecule has 0 saturated carbocycles. The van der Waals surface area contributed by atoms with Crippen LogP contribution in [0.3, 0.4) is 0 Å². The van der Waals surface area contributed by atoms with E-state index in [0.29, 0.717) is 0 Å². The van der Waals surface area contributed by atoms with Gasteiger partial charge in [0.1, 0.15) is 0 Å². The molecule has 0 saturated heterocycles. The Kier molecular flexibility index (Phi) is 31.9. The second-order valence-electron chi connectivity index (χ2n) is 4.79. The zero-order valence-corrected chi connectivity index (χ0v) is 19.7. The Hall–Kier alpha value is -0.261. The molecule has 0 aromatic carbocycles. The predicted molar refractivity (Wildman–Crippen MR) is 106 cm³/mol. The van der Waals surface area contributed by atoms with Crippen LogP contribution in [0, 0.1) is 0 Å². The molecule has 0 aliphatic carbocycles. The Morgan fingerprint density at radius 3 is 1.39 bits per heavy atom. The monoisotopic (exact) mass is 452 g/mol. The number of unbranched alkanes of at least 4 members (excludes halogenated alkanes) is 3. The van der Waals surface area contributed by atoms with E-state index in [0.717, 1.165) is 6.26 Å². The average Bonchev–Trinajstić information content (AvgIpc) is 2.55. The van der Waals surface area contributed by atoms with Gasteiger partial charge in [0, 0.05) is 36.4 Å². The van der Waals surface area contributed by atoms with E-state index in [4.69, 9.17) is 0 Å². The molecule has 1 heterocycles. The third-order valence-corrected chi connectivity index (χ3v) is 3.31. The first kappa shape index (κ1) is 30.6. The van der Waals surface area contributed by atoms with Gasteiger partial charge in [-0.2, -0.15) is 0 Å². The maximum Gasteiger partial charge on any atom is 0.225 e. The van der Waals surface area contributed by atoms with Gasteiger partial charge in [0.25, 0.3) is 0 Å². The Labute approximate surface area is 161 Å². The molecule has 0 atom stereocenters. The van der Waals surface area contributed by atoms with Crippen LogP contribution in [-0.2, 0) is 9.84 Å². The Bertz CT molecular complexity index is 397. The summed E-state index contributed by atoms with van der Waals surface area (Å²) in [5, 5.41) is 2.42. The topological polar surface area (TPSA) is 58.5 Å². The molecule has 0 spiro atoms. The number of nitrogens with zero attached hydrogens (tertiary/aromatic N) is 1. The van der Waals surface area contributed by atoms with Crippen LogP contribution in [0.4, 0.5) is 0 Å². The van der Waals surface area contributed by atoms with E-state index in [2.05, 4.69) is 57.6 Å². The van der Waals surface area contributed by atoms with Gasteiger partial charge in [-0.05, 0) is 0 Å². The zero-order chi connectivity index (χ0) is 17.9. The standard InChI is InChI=1S/C5H6N2O2S.3C4H10.Sn/c1-10(8,9)5-6-3-2-4-7-5;3*1-3-4-2;/h3-4H,1H3,(H,6,7);3*3-4H2,1-2H3;.